The average molecular weight is 277 g/mol. The van der Waals surface area contributed by atoms with E-state index in [0.717, 1.165) is 6.07 Å². The van der Waals surface area contributed by atoms with Crippen LogP contribution in [0.15, 0.2) is 24.3 Å². The van der Waals surface area contributed by atoms with E-state index in [1.165, 1.54) is 0 Å². The van der Waals surface area contributed by atoms with Crippen molar-refractivity contribution in [3.05, 3.63) is 52.6 Å². The first-order valence-corrected chi connectivity index (χ1v) is 5.11. The van der Waals surface area contributed by atoms with Gasteiger partial charge in [-0.1, -0.05) is 11.6 Å². The van der Waals surface area contributed by atoms with Crippen LogP contribution in [0.25, 0.3) is 11.1 Å². The fourth-order valence-corrected chi connectivity index (χ4v) is 1.64. The molecule has 0 aliphatic rings. The Labute approximate surface area is 104 Å². The molecule has 2 aromatic rings. The minimum Gasteiger partial charge on any atom is -0.507 e. The van der Waals surface area contributed by atoms with Gasteiger partial charge >= 0.3 is 0 Å². The average Bonchev–Trinajstić information content (AvgIpc) is 2.30. The molecule has 0 atom stereocenters. The van der Waals surface area contributed by atoms with Crippen LogP contribution in [0, 0.1) is 23.3 Å². The highest BCUT2D eigenvalue weighted by molar-refractivity contribution is 6.31. The van der Waals surface area contributed by atoms with Crippen LogP contribution in [-0.2, 0) is 0 Å². The van der Waals surface area contributed by atoms with E-state index < -0.39 is 29.0 Å². The van der Waals surface area contributed by atoms with Gasteiger partial charge in [-0.05, 0) is 23.8 Å². The molecule has 0 radical (unpaired) electrons. The van der Waals surface area contributed by atoms with Crippen molar-refractivity contribution in [3.8, 4) is 16.9 Å². The van der Waals surface area contributed by atoms with E-state index in [2.05, 4.69) is 0 Å². The van der Waals surface area contributed by atoms with Gasteiger partial charge in [-0.25, -0.2) is 17.6 Å². The van der Waals surface area contributed by atoms with Gasteiger partial charge in [0.2, 0.25) is 0 Å². The summed E-state index contributed by atoms with van der Waals surface area (Å²) in [6.45, 7) is 0. The molecule has 0 heterocycles. The van der Waals surface area contributed by atoms with E-state index in [1.807, 2.05) is 0 Å². The third kappa shape index (κ3) is 2.13. The molecular weight excluding hydrogens is 272 g/mol. The van der Waals surface area contributed by atoms with Gasteiger partial charge in [0.15, 0.2) is 17.5 Å². The highest BCUT2D eigenvalue weighted by Gasteiger charge is 2.15. The summed E-state index contributed by atoms with van der Waals surface area (Å²) in [4.78, 5) is 0. The van der Waals surface area contributed by atoms with E-state index >= 15 is 0 Å². The van der Waals surface area contributed by atoms with E-state index in [1.54, 1.807) is 0 Å². The molecule has 0 spiro atoms. The minimum absolute atomic E-state index is 0.0980. The summed E-state index contributed by atoms with van der Waals surface area (Å²) in [5, 5.41) is 9.16. The van der Waals surface area contributed by atoms with E-state index in [9.17, 15) is 22.7 Å². The van der Waals surface area contributed by atoms with Crippen molar-refractivity contribution in [1.29, 1.82) is 0 Å². The molecule has 2 aromatic carbocycles. The Kier molecular flexibility index (Phi) is 3.17. The van der Waals surface area contributed by atoms with Crippen LogP contribution in [0.5, 0.6) is 5.75 Å². The first-order valence-electron chi connectivity index (χ1n) is 4.73. The Morgan fingerprint density at radius 1 is 0.833 bits per heavy atom. The Balaban J connectivity index is 2.66. The van der Waals surface area contributed by atoms with Crippen molar-refractivity contribution in [3.63, 3.8) is 0 Å². The fraction of sp³-hybridized carbons (Fsp3) is 0. The highest BCUT2D eigenvalue weighted by Crippen LogP contribution is 2.34. The molecule has 1 N–H and O–H groups in total. The number of halogens is 5. The molecule has 0 aliphatic heterocycles. The molecule has 6 heteroatoms. The van der Waals surface area contributed by atoms with E-state index in [0.29, 0.717) is 18.2 Å². The number of hydrogen-bond donors (Lipinski definition) is 1. The third-order valence-electron chi connectivity index (χ3n) is 2.33. The lowest BCUT2D eigenvalue weighted by molar-refractivity contribution is 0.447. The normalized spacial score (nSPS) is 10.7. The van der Waals surface area contributed by atoms with Crippen LogP contribution < -0.4 is 0 Å². The Morgan fingerprint density at radius 3 is 1.94 bits per heavy atom. The first-order chi connectivity index (χ1) is 8.40. The maximum Gasteiger partial charge on any atom is 0.194 e. The van der Waals surface area contributed by atoms with Crippen molar-refractivity contribution in [2.24, 2.45) is 0 Å². The summed E-state index contributed by atoms with van der Waals surface area (Å²) < 4.78 is 51.8. The summed E-state index contributed by atoms with van der Waals surface area (Å²) in [7, 11) is 0. The fourth-order valence-electron chi connectivity index (χ4n) is 1.48. The summed E-state index contributed by atoms with van der Waals surface area (Å²) in [5.41, 5.74) is -0.245. The van der Waals surface area contributed by atoms with Crippen molar-refractivity contribution >= 4 is 11.6 Å². The van der Waals surface area contributed by atoms with Crippen LogP contribution in [-0.4, -0.2) is 5.11 Å². The molecule has 0 aliphatic carbocycles. The summed E-state index contributed by atoms with van der Waals surface area (Å²) >= 11 is 5.50. The molecule has 0 saturated heterocycles. The second-order valence-corrected chi connectivity index (χ2v) is 3.94. The molecule has 94 valence electrons. The maximum atomic E-state index is 13.0. The quantitative estimate of drug-likeness (QED) is 0.609. The Hall–Kier alpha value is -1.75. The van der Waals surface area contributed by atoms with Gasteiger partial charge in [-0.2, -0.15) is 0 Å². The van der Waals surface area contributed by atoms with Crippen molar-refractivity contribution < 1.29 is 22.7 Å². The van der Waals surface area contributed by atoms with Gasteiger partial charge in [-0.15, -0.1) is 0 Å². The second kappa shape index (κ2) is 4.49. The van der Waals surface area contributed by atoms with Crippen molar-refractivity contribution in [2.45, 2.75) is 0 Å². The first kappa shape index (κ1) is 12.7. The van der Waals surface area contributed by atoms with E-state index in [4.69, 9.17) is 11.6 Å². The van der Waals surface area contributed by atoms with Gasteiger partial charge in [-0.3, -0.25) is 0 Å². The van der Waals surface area contributed by atoms with Gasteiger partial charge in [0.1, 0.15) is 11.6 Å². The van der Waals surface area contributed by atoms with Crippen LogP contribution >= 0.6 is 11.6 Å². The predicted molar refractivity (Wildman–Crippen MR) is 58.4 cm³/mol. The Bertz CT molecular complexity index is 605. The molecule has 0 fully saturated rings. The summed E-state index contributed by atoms with van der Waals surface area (Å²) in [6, 6.07) is 3.07. The summed E-state index contributed by atoms with van der Waals surface area (Å²) in [5.74, 6) is -5.87. The molecule has 0 saturated carbocycles. The third-order valence-corrected chi connectivity index (χ3v) is 2.62. The molecule has 18 heavy (non-hydrogen) atoms. The largest absolute Gasteiger partial charge is 0.507 e. The second-order valence-electron chi connectivity index (χ2n) is 3.54. The number of phenolic OH excluding ortho intramolecular Hbond substituents is 1. The van der Waals surface area contributed by atoms with Crippen LogP contribution in [0.1, 0.15) is 0 Å². The monoisotopic (exact) mass is 276 g/mol. The van der Waals surface area contributed by atoms with Crippen LogP contribution in [0.2, 0.25) is 5.02 Å². The SMILES string of the molecule is Oc1cc(F)c(Cl)cc1-c1cc(F)c(F)c(F)c1. The number of hydrogen-bond acceptors (Lipinski definition) is 1. The maximum absolute atomic E-state index is 13.0. The molecule has 2 rings (SSSR count). The van der Waals surface area contributed by atoms with Gasteiger partial charge in [0.25, 0.3) is 0 Å². The van der Waals surface area contributed by atoms with Crippen LogP contribution in [0.4, 0.5) is 17.6 Å². The predicted octanol–water partition coefficient (Wildman–Crippen LogP) is 4.27. The lowest BCUT2D eigenvalue weighted by Gasteiger charge is -2.07. The topological polar surface area (TPSA) is 20.2 Å². The Morgan fingerprint density at radius 2 is 1.39 bits per heavy atom. The number of benzene rings is 2. The van der Waals surface area contributed by atoms with Gasteiger partial charge in [0, 0.05) is 11.6 Å². The molecule has 0 amide bonds. The highest BCUT2D eigenvalue weighted by atomic mass is 35.5. The molecule has 0 bridgehead atoms. The number of phenols is 1. The molecule has 1 nitrogen and oxygen atoms in total. The zero-order valence-corrected chi connectivity index (χ0v) is 9.40. The molecular formula is C12H5ClF4O. The van der Waals surface area contributed by atoms with Crippen molar-refractivity contribution in [1.82, 2.24) is 0 Å². The minimum atomic E-state index is -1.62. The number of aromatic hydroxyl groups is 1. The zero-order valence-electron chi connectivity index (χ0n) is 8.65. The lowest BCUT2D eigenvalue weighted by atomic mass is 10.0. The van der Waals surface area contributed by atoms with Crippen LogP contribution in [0.3, 0.4) is 0 Å². The van der Waals surface area contributed by atoms with Gasteiger partial charge < -0.3 is 5.11 Å². The van der Waals surface area contributed by atoms with Crippen molar-refractivity contribution in [2.75, 3.05) is 0 Å². The lowest BCUT2D eigenvalue weighted by Crippen LogP contribution is -1.92. The van der Waals surface area contributed by atoms with Gasteiger partial charge in [0.05, 0.1) is 5.02 Å². The molecule has 0 aromatic heterocycles. The smallest absolute Gasteiger partial charge is 0.194 e. The standard InChI is InChI=1S/C12H5ClF4O/c13-7-3-6(11(18)4-8(7)14)5-1-9(15)12(17)10(16)2-5/h1-4,18H. The van der Waals surface area contributed by atoms with E-state index in [-0.39, 0.29) is 16.1 Å². The summed E-state index contributed by atoms with van der Waals surface area (Å²) in [6.07, 6.45) is 0. The number of rotatable bonds is 1. The zero-order chi connectivity index (χ0) is 13.4. The molecule has 0 unspecified atom stereocenters.